The first-order valence-electron chi connectivity index (χ1n) is 43.9. The van der Waals surface area contributed by atoms with E-state index in [0.29, 0.717) is 41.1 Å². The Hall–Kier alpha value is -9.40. The van der Waals surface area contributed by atoms with Crippen LogP contribution in [0.1, 0.15) is 129 Å². The fraction of sp³-hybridized carbons (Fsp3) is 0.413. The number of amides is 6. The lowest BCUT2D eigenvalue weighted by Gasteiger charge is -2.38. The van der Waals surface area contributed by atoms with Gasteiger partial charge >= 0.3 is 0 Å². The second-order valence-electron chi connectivity index (χ2n) is 35.1. The van der Waals surface area contributed by atoms with Crippen molar-refractivity contribution in [2.45, 2.75) is 139 Å². The number of ether oxygens (including phenoxy) is 2. The molecule has 133 heavy (non-hydrogen) atoms. The van der Waals surface area contributed by atoms with Crippen molar-refractivity contribution in [1.82, 2.24) is 40.5 Å². The van der Waals surface area contributed by atoms with Crippen molar-refractivity contribution in [3.05, 3.63) is 142 Å². The first kappa shape index (κ1) is 92.7. The number of primary amides is 4. The number of aryl methyl sites for hydroxylation is 4. The number of carbonyl (C=O) groups is 6. The first-order chi connectivity index (χ1) is 64.0. The van der Waals surface area contributed by atoms with E-state index in [0.717, 1.165) is 178 Å². The molecular formula is C92H97N21O8S12. The van der Waals surface area contributed by atoms with Gasteiger partial charge in [0.15, 0.2) is 0 Å². The van der Waals surface area contributed by atoms with E-state index < -0.39 is 24.2 Å². The molecule has 12 aromatic rings. The van der Waals surface area contributed by atoms with Crippen LogP contribution >= 0.6 is 139 Å². The Kier molecular flexibility index (Phi) is 26.9. The maximum absolute atomic E-state index is 11.7. The number of anilines is 3. The number of hydrogen-bond acceptors (Lipinski definition) is 35. The molecule has 10 aliphatic heterocycles. The normalized spacial score (nSPS) is 21.4. The molecule has 6 aromatic heterocycles. The van der Waals surface area contributed by atoms with Gasteiger partial charge in [-0.25, -0.2) is 29.9 Å². The van der Waals surface area contributed by atoms with Gasteiger partial charge in [0.2, 0.25) is 35.4 Å². The van der Waals surface area contributed by atoms with Crippen molar-refractivity contribution in [1.29, 1.82) is 0 Å². The van der Waals surface area contributed by atoms with Crippen LogP contribution in [0, 0.1) is 0 Å². The molecule has 41 heteroatoms. The van der Waals surface area contributed by atoms with Gasteiger partial charge in [-0.3, -0.25) is 58.7 Å². The molecule has 0 unspecified atom stereocenters. The quantitative estimate of drug-likeness (QED) is 0.0661. The van der Waals surface area contributed by atoms with E-state index in [2.05, 4.69) is 175 Å². The zero-order valence-corrected chi connectivity index (χ0v) is 84.2. The first-order valence-corrected chi connectivity index (χ1v) is 54.7. The van der Waals surface area contributed by atoms with E-state index in [1.54, 1.807) is 141 Å². The van der Waals surface area contributed by atoms with Crippen LogP contribution in [0.2, 0.25) is 0 Å². The van der Waals surface area contributed by atoms with Gasteiger partial charge in [0, 0.05) is 106 Å². The van der Waals surface area contributed by atoms with Crippen molar-refractivity contribution in [2.24, 2.45) is 52.9 Å². The predicted molar refractivity (Wildman–Crippen MR) is 558 cm³/mol. The molecule has 690 valence electrons. The van der Waals surface area contributed by atoms with Gasteiger partial charge in [0.25, 0.3) is 0 Å². The number of carbonyl (C=O) groups excluding carboxylic acids is 6. The van der Waals surface area contributed by atoms with Crippen LogP contribution in [-0.4, -0.2) is 234 Å². The van der Waals surface area contributed by atoms with Crippen molar-refractivity contribution in [3.63, 3.8) is 0 Å². The van der Waals surface area contributed by atoms with Crippen molar-refractivity contribution in [3.8, 4) is 11.5 Å². The maximum atomic E-state index is 11.7. The van der Waals surface area contributed by atoms with Crippen molar-refractivity contribution >= 4 is 283 Å². The Morgan fingerprint density at radius 1 is 0.338 bits per heavy atom. The molecule has 0 bridgehead atoms. The van der Waals surface area contributed by atoms with Gasteiger partial charge in [0.1, 0.15) is 115 Å². The van der Waals surface area contributed by atoms with E-state index in [4.69, 9.17) is 52.3 Å². The average Bonchev–Trinajstić information content (AvgIpc) is 1.71. The molecule has 0 radical (unpaired) electrons. The van der Waals surface area contributed by atoms with Crippen LogP contribution in [0.3, 0.4) is 0 Å². The monoisotopic (exact) mass is 2010 g/mol. The van der Waals surface area contributed by atoms with Crippen molar-refractivity contribution in [2.75, 3.05) is 117 Å². The minimum atomic E-state index is -0.435. The molecule has 0 spiro atoms. The summed E-state index contributed by atoms with van der Waals surface area (Å²) in [7, 11) is 9.64. The zero-order valence-electron chi connectivity index (χ0n) is 74.4. The zero-order chi connectivity index (χ0) is 92.6. The molecule has 6 aromatic carbocycles. The second kappa shape index (κ2) is 38.6. The van der Waals surface area contributed by atoms with Gasteiger partial charge in [-0.15, -0.1) is 139 Å². The topological polar surface area (TPSA) is 410 Å². The molecule has 29 nitrogen and oxygen atoms in total. The molecule has 0 saturated heterocycles. The number of thiazole rings is 6. The molecule has 24 rings (SSSR count). The lowest BCUT2D eigenvalue weighted by molar-refractivity contribution is -0.122. The van der Waals surface area contributed by atoms with Crippen molar-refractivity contribution < 1.29 is 38.2 Å². The highest BCUT2D eigenvalue weighted by atomic mass is 32.2. The predicted octanol–water partition coefficient (Wildman–Crippen LogP) is 13.7. The third kappa shape index (κ3) is 19.6. The number of thioether (sulfide) groups is 6. The van der Waals surface area contributed by atoms with Crippen LogP contribution in [0.15, 0.2) is 103 Å². The summed E-state index contributed by atoms with van der Waals surface area (Å²) in [5, 5.41) is 15.8. The lowest BCUT2D eigenvalue weighted by atomic mass is 9.73. The minimum Gasteiger partial charge on any atom is -0.493 e. The third-order valence-corrected chi connectivity index (χ3v) is 38.3. The van der Waals surface area contributed by atoms with Crippen LogP contribution in [0.25, 0.3) is 61.3 Å². The Bertz CT molecular complexity index is 6860. The molecule has 10 N–H and O–H groups in total. The van der Waals surface area contributed by atoms with E-state index in [9.17, 15) is 28.8 Å². The number of nitrogens with two attached hydrogens (primary N) is 4. The highest BCUT2D eigenvalue weighted by Crippen LogP contribution is 2.47. The van der Waals surface area contributed by atoms with Crippen LogP contribution in [0.5, 0.6) is 11.5 Å². The Labute approximate surface area is 816 Å². The van der Waals surface area contributed by atoms with Crippen LogP contribution in [-0.2, 0) is 71.7 Å². The fourth-order valence-electron chi connectivity index (χ4n) is 17.4. The Morgan fingerprint density at radius 2 is 0.677 bits per heavy atom. The van der Waals surface area contributed by atoms with E-state index >= 15 is 0 Å². The lowest BCUT2D eigenvalue weighted by Crippen LogP contribution is -2.34. The van der Waals surface area contributed by atoms with E-state index in [-0.39, 0.29) is 58.4 Å². The van der Waals surface area contributed by atoms with E-state index in [1.165, 1.54) is 113 Å². The van der Waals surface area contributed by atoms with Crippen LogP contribution < -0.4 is 57.7 Å². The number of nitrogens with zero attached hydrogens (tertiary/aromatic N) is 15. The summed E-state index contributed by atoms with van der Waals surface area (Å²) in [6.07, 6.45) is 11.6. The van der Waals surface area contributed by atoms with Gasteiger partial charge in [0.05, 0.1) is 80.1 Å². The summed E-state index contributed by atoms with van der Waals surface area (Å²) >= 11 is 19.3. The largest absolute Gasteiger partial charge is 0.493 e. The highest BCUT2D eigenvalue weighted by molar-refractivity contribution is 8.16. The number of benzene rings is 6. The number of nitrogens with one attached hydrogen (secondary N) is 2. The summed E-state index contributed by atoms with van der Waals surface area (Å²) in [5.41, 5.74) is 41.2. The summed E-state index contributed by atoms with van der Waals surface area (Å²) in [6.45, 7) is 13.7. The molecule has 2 aliphatic carbocycles. The summed E-state index contributed by atoms with van der Waals surface area (Å²) in [6, 6.07) is 24.0. The number of aromatic nitrogens is 6. The number of hydrogen-bond donors (Lipinski definition) is 6. The third-order valence-electron chi connectivity index (χ3n) is 25.0. The average molecular weight is 2010 g/mol. The standard InChI is InChI=1S/C17H20N4OS2.C17H19N3OS2.C15H16N4OS2.C15H15N3OS2.C14H14N4O2S2.C14H13N3O2S2/c1-17(2)4-5-21(3)12-7-13-10(6-9(12)17)19-16(24-13)15-20-11(8-23-15)14(18)22;1-17(2)5-3-4-9-6-13-11(7-10(9)17)19-16(23-13)15-20-12(8-22-15)14(18)21;1-16-13(20)10-7-21-14(18-10)15-17-9-5-8-3-4-19(2)11(8)6-12(9)22-15;1-16-13(19)11-7-20-14(18-11)15-17-10-5-8-3-2-4-9(8)6-12(10)21-15;1-18-2-3-20-10-4-7-11(5-9(10)18)22-14(16-7)13-17-8(6-21-13)12(15)19;15-12(18)9-6-20-13(17-9)14-16-8-5-10-7(2-1-3-19-10)4-11(8)21-14/h6-7,11H,4-5,8H2,1-3H3,(H2,18,22);6-7,12H,3-5,8H2,1-2H3,(H2,18,21);5-6,10H,3-4,7H2,1-2H3,(H,16,20);5-6,11H,2-4,7H2,1H3,(H,16,19);4-5,8H,2-3,6H2,1H3,(H2,15,19);4-5,9H,1-3,6H2,(H2,15,18)/t11-;12-;10-;11-;8-;9-/m111111/s1. The van der Waals surface area contributed by atoms with E-state index in [1.807, 2.05) is 12.1 Å². The number of fused-ring (bicyclic) bond motifs is 12. The smallest absolute Gasteiger partial charge is 0.245 e. The summed E-state index contributed by atoms with van der Waals surface area (Å²) in [5.74, 6) is 4.17. The second-order valence-corrected chi connectivity index (χ2v) is 47.4. The highest BCUT2D eigenvalue weighted by Gasteiger charge is 2.37. The number of likely N-dealkylation sites (N-methyl/N-ethyl adjacent to an activating group) is 4. The van der Waals surface area contributed by atoms with Gasteiger partial charge in [-0.05, 0) is 175 Å². The molecule has 6 amide bonds. The molecule has 6 atom stereocenters. The maximum Gasteiger partial charge on any atom is 0.245 e. The SMILES string of the molecule is CC1(C)CCCc2cc3sc(C4=N[C@@H](C(N)=O)CS4)nc3cc21.CN1CCC(C)(C)c2cc3nc(C4=N[C@@H](C(N)=O)CS4)sc3cc21.CN1CCOc2cc3nc(C4=N[C@@H](C(N)=O)CS4)sc3cc21.CNC(=O)[C@H]1CSC(c2nc3cc4c(cc3s2)CCC4)=N1.CNC(=O)[C@H]1CSC(c2nc3cc4c(cc3s2)N(C)CC4)=N1.NC(=O)[C@H]1CSC(c2nc3cc4c(cc3s2)CCCO4)=N1. The van der Waals surface area contributed by atoms with Gasteiger partial charge in [-0.1, -0.05) is 27.7 Å². The Balaban J connectivity index is 0.000000103. The number of aliphatic imine (C=N–C) groups is 6. The molecule has 0 fully saturated rings. The summed E-state index contributed by atoms with van der Waals surface area (Å²) < 4.78 is 18.4. The Morgan fingerprint density at radius 3 is 1.14 bits per heavy atom. The fourth-order valence-corrected chi connectivity index (χ4v) is 30.1. The van der Waals surface area contributed by atoms with Gasteiger partial charge in [-0.2, -0.15) is 0 Å². The molecule has 12 aliphatic rings. The molecule has 16 heterocycles. The molecular weight excluding hydrogens is 1910 g/mol. The minimum absolute atomic E-state index is 0.0161. The summed E-state index contributed by atoms with van der Waals surface area (Å²) in [4.78, 5) is 130. The number of rotatable bonds is 12. The molecule has 0 saturated carbocycles. The van der Waals surface area contributed by atoms with Crippen LogP contribution in [0.4, 0.5) is 17.1 Å². The van der Waals surface area contributed by atoms with Gasteiger partial charge < -0.3 is 57.7 Å².